The third-order valence-corrected chi connectivity index (χ3v) is 11.5. The van der Waals surface area contributed by atoms with E-state index in [0.29, 0.717) is 5.92 Å². The van der Waals surface area contributed by atoms with Gasteiger partial charge in [-0.2, -0.15) is 0 Å². The van der Waals surface area contributed by atoms with Gasteiger partial charge < -0.3 is 10.1 Å². The van der Waals surface area contributed by atoms with Crippen LogP contribution in [-0.4, -0.2) is 5.84 Å². The van der Waals surface area contributed by atoms with E-state index < -0.39 is 5.41 Å². The van der Waals surface area contributed by atoms with Crippen LogP contribution in [0.25, 0.3) is 0 Å². The Hall–Kier alpha value is -5.67. The van der Waals surface area contributed by atoms with Gasteiger partial charge in [-0.1, -0.05) is 165 Å². The molecule has 0 aromatic heterocycles. The first-order valence-corrected chi connectivity index (χ1v) is 18.3. The highest BCUT2D eigenvalue weighted by atomic mass is 16.5. The number of ether oxygens (including phenoxy) is 1. The van der Waals surface area contributed by atoms with Crippen molar-refractivity contribution in [1.82, 2.24) is 5.32 Å². The molecule has 0 radical (unpaired) electrons. The monoisotopic (exact) mass is 662 g/mol. The fourth-order valence-electron chi connectivity index (χ4n) is 8.88. The van der Waals surface area contributed by atoms with Crippen LogP contribution in [0.15, 0.2) is 187 Å². The third-order valence-electron chi connectivity index (χ3n) is 11.5. The molecule has 0 saturated heterocycles. The quantitative estimate of drug-likeness (QED) is 0.184. The Morgan fingerprint density at radius 1 is 0.667 bits per heavy atom. The van der Waals surface area contributed by atoms with Gasteiger partial charge in [0.25, 0.3) is 0 Å². The lowest BCUT2D eigenvalue weighted by Gasteiger charge is -2.45. The highest BCUT2D eigenvalue weighted by Crippen LogP contribution is 2.57. The maximum atomic E-state index is 6.55. The van der Waals surface area contributed by atoms with Crippen LogP contribution < -0.4 is 10.1 Å². The summed E-state index contributed by atoms with van der Waals surface area (Å²) in [6.45, 7) is 2.41. The van der Waals surface area contributed by atoms with E-state index in [1.165, 1.54) is 33.5 Å². The first-order valence-electron chi connectivity index (χ1n) is 18.3. The molecule has 2 heterocycles. The number of nitrogens with zero attached hydrogens (tertiary/aromatic N) is 1. The van der Waals surface area contributed by atoms with Gasteiger partial charge in [0.2, 0.25) is 0 Å². The molecule has 0 amide bonds. The molecule has 3 nitrogen and oxygen atoms in total. The molecule has 0 fully saturated rings. The molecule has 250 valence electrons. The van der Waals surface area contributed by atoms with E-state index in [4.69, 9.17) is 9.73 Å². The molecular formula is C48H42N2O. The Labute approximate surface area is 301 Å². The zero-order valence-corrected chi connectivity index (χ0v) is 29.0. The largest absolute Gasteiger partial charge is 0.457 e. The molecule has 0 bridgehead atoms. The molecule has 9 rings (SSSR count). The van der Waals surface area contributed by atoms with E-state index in [1.54, 1.807) is 0 Å². The van der Waals surface area contributed by atoms with Crippen LogP contribution in [0.4, 0.5) is 0 Å². The molecule has 4 aliphatic rings. The van der Waals surface area contributed by atoms with Gasteiger partial charge in [0.15, 0.2) is 0 Å². The number of hydrogen-bond acceptors (Lipinski definition) is 3. The predicted octanol–water partition coefficient (Wildman–Crippen LogP) is 11.4. The van der Waals surface area contributed by atoms with E-state index in [1.807, 2.05) is 0 Å². The second kappa shape index (κ2) is 12.9. The summed E-state index contributed by atoms with van der Waals surface area (Å²) in [6, 6.07) is 47.9. The lowest BCUT2D eigenvalue weighted by molar-refractivity contribution is 0.324. The van der Waals surface area contributed by atoms with Crippen LogP contribution in [0.5, 0.6) is 11.5 Å². The number of hydrogen-bond donors (Lipinski definition) is 1. The molecule has 5 aromatic rings. The van der Waals surface area contributed by atoms with E-state index in [9.17, 15) is 0 Å². The zero-order chi connectivity index (χ0) is 34.3. The second-order valence-corrected chi connectivity index (χ2v) is 14.6. The number of aliphatic imine (C=N–C) groups is 1. The van der Waals surface area contributed by atoms with Crippen molar-refractivity contribution < 1.29 is 4.74 Å². The fourth-order valence-corrected chi connectivity index (χ4v) is 8.88. The Morgan fingerprint density at radius 3 is 1.98 bits per heavy atom. The Kier molecular flexibility index (Phi) is 7.92. The average molecular weight is 663 g/mol. The summed E-state index contributed by atoms with van der Waals surface area (Å²) in [5, 5.41) is 3.89. The zero-order valence-electron chi connectivity index (χ0n) is 29.0. The number of allylic oxidation sites excluding steroid dienone is 7. The van der Waals surface area contributed by atoms with Gasteiger partial charge in [0, 0.05) is 33.7 Å². The predicted molar refractivity (Wildman–Crippen MR) is 208 cm³/mol. The smallest absolute Gasteiger partial charge is 0.133 e. The molecule has 2 aliphatic carbocycles. The third kappa shape index (κ3) is 5.49. The summed E-state index contributed by atoms with van der Waals surface area (Å²) in [7, 11) is 0. The van der Waals surface area contributed by atoms with Crippen LogP contribution in [0.2, 0.25) is 0 Å². The fraction of sp³-hybridized carbons (Fsp3) is 0.188. The number of fused-ring (bicyclic) bond motifs is 2. The number of rotatable bonds is 6. The highest BCUT2D eigenvalue weighted by molar-refractivity contribution is 6.01. The molecule has 4 unspecified atom stereocenters. The van der Waals surface area contributed by atoms with Crippen molar-refractivity contribution >= 4 is 5.84 Å². The Bertz CT molecular complexity index is 2160. The lowest BCUT2D eigenvalue weighted by atomic mass is 9.59. The first kappa shape index (κ1) is 31.3. The van der Waals surface area contributed by atoms with Crippen molar-refractivity contribution in [2.24, 2.45) is 16.3 Å². The van der Waals surface area contributed by atoms with Crippen molar-refractivity contribution in [3.63, 3.8) is 0 Å². The Morgan fingerprint density at radius 2 is 1.31 bits per heavy atom. The lowest BCUT2D eigenvalue weighted by Crippen LogP contribution is -2.40. The molecule has 0 spiro atoms. The standard InChI is InChI=1S/C48H42N2O/c1-47(31-15-20-37(33-47)34-16-5-2-6-17-34)45-32-42(35-18-7-3-8-19-35)49-46(50-45)36-27-29-39(30-28-36)48(38-21-9-4-10-22-38)40-23-11-13-25-43(40)51-44-26-14-12-24-41(44)48/h2-21,23-30,32,37-38,42H,22,31,33H2,1H3,(H,49,50). The Balaban J connectivity index is 1.12. The number of amidine groups is 1. The van der Waals surface area contributed by atoms with Crippen molar-refractivity contribution in [2.75, 3.05) is 0 Å². The highest BCUT2D eigenvalue weighted by Gasteiger charge is 2.48. The van der Waals surface area contributed by atoms with Crippen molar-refractivity contribution in [2.45, 2.75) is 43.6 Å². The van der Waals surface area contributed by atoms with Gasteiger partial charge in [-0.3, -0.25) is 4.99 Å². The maximum Gasteiger partial charge on any atom is 0.133 e. The summed E-state index contributed by atoms with van der Waals surface area (Å²) in [6.07, 6.45) is 19.1. The summed E-state index contributed by atoms with van der Waals surface area (Å²) in [5.41, 5.74) is 8.08. The second-order valence-electron chi connectivity index (χ2n) is 14.6. The van der Waals surface area contributed by atoms with Crippen molar-refractivity contribution in [1.29, 1.82) is 0 Å². The van der Waals surface area contributed by atoms with Gasteiger partial charge in [0.1, 0.15) is 17.3 Å². The molecule has 3 heteroatoms. The van der Waals surface area contributed by atoms with Crippen LogP contribution >= 0.6 is 0 Å². The van der Waals surface area contributed by atoms with Gasteiger partial charge in [-0.15, -0.1) is 0 Å². The average Bonchev–Trinajstić information content (AvgIpc) is 3.21. The normalized spacial score (nSPS) is 24.3. The van der Waals surface area contributed by atoms with E-state index in [2.05, 4.69) is 188 Å². The molecular weight excluding hydrogens is 621 g/mol. The van der Waals surface area contributed by atoms with Gasteiger partial charge in [-0.05, 0) is 60.1 Å². The molecule has 1 N–H and O–H groups in total. The molecule has 2 aliphatic heterocycles. The topological polar surface area (TPSA) is 33.6 Å². The summed E-state index contributed by atoms with van der Waals surface area (Å²) in [5.74, 6) is 3.35. The SMILES string of the molecule is CC1(C2=CC(c3ccccc3)N=C(c3ccc(C4(C5C=CC=CC5)c5ccccc5Oc5ccccc54)cc3)N2)CC=CC(c2ccccc2)C1. The van der Waals surface area contributed by atoms with E-state index in [-0.39, 0.29) is 17.4 Å². The number of para-hydroxylation sites is 2. The van der Waals surface area contributed by atoms with Gasteiger partial charge >= 0.3 is 0 Å². The van der Waals surface area contributed by atoms with Crippen molar-refractivity contribution in [3.05, 3.63) is 215 Å². The number of nitrogens with one attached hydrogen (secondary N) is 1. The van der Waals surface area contributed by atoms with Crippen LogP contribution in [0, 0.1) is 11.3 Å². The first-order chi connectivity index (χ1) is 25.1. The minimum absolute atomic E-state index is 0.0656. The molecule has 4 atom stereocenters. The van der Waals surface area contributed by atoms with Crippen LogP contribution in [0.3, 0.4) is 0 Å². The van der Waals surface area contributed by atoms with Crippen LogP contribution in [-0.2, 0) is 5.41 Å². The minimum atomic E-state index is -0.418. The molecule has 5 aromatic carbocycles. The molecule has 0 saturated carbocycles. The van der Waals surface area contributed by atoms with E-state index in [0.717, 1.165) is 42.2 Å². The minimum Gasteiger partial charge on any atom is -0.457 e. The molecule has 51 heavy (non-hydrogen) atoms. The van der Waals surface area contributed by atoms with Gasteiger partial charge in [0.05, 0.1) is 11.5 Å². The summed E-state index contributed by atoms with van der Waals surface area (Å²) >= 11 is 0. The van der Waals surface area contributed by atoms with Crippen molar-refractivity contribution in [3.8, 4) is 11.5 Å². The van der Waals surface area contributed by atoms with Crippen LogP contribution in [0.1, 0.15) is 71.5 Å². The van der Waals surface area contributed by atoms with Gasteiger partial charge in [-0.25, -0.2) is 0 Å². The van der Waals surface area contributed by atoms with E-state index >= 15 is 0 Å². The summed E-state index contributed by atoms with van der Waals surface area (Å²) < 4.78 is 6.55. The summed E-state index contributed by atoms with van der Waals surface area (Å²) in [4.78, 5) is 5.37. The maximum absolute atomic E-state index is 6.55. The number of benzene rings is 5.